The third-order valence-corrected chi connectivity index (χ3v) is 16.9. The number of carbonyl (C=O) groups is 2. The van der Waals surface area contributed by atoms with E-state index in [9.17, 15) is 37.4 Å². The summed E-state index contributed by atoms with van der Waals surface area (Å²) in [6, 6.07) is 23.7. The van der Waals surface area contributed by atoms with Crippen LogP contribution in [-0.4, -0.2) is 128 Å². The number of aromatic nitrogens is 10. The monoisotopic (exact) mass is 1210 g/mol. The Balaban J connectivity index is 0.000000167. The first-order chi connectivity index (χ1) is 42.3. The van der Waals surface area contributed by atoms with E-state index in [-0.39, 0.29) is 77.5 Å². The maximum atomic E-state index is 14.2. The molecule has 10 aromatic rings. The molecule has 19 nitrogen and oxygen atoms in total. The Bertz CT molecular complexity index is 4320. The van der Waals surface area contributed by atoms with Crippen LogP contribution in [0, 0.1) is 11.6 Å². The summed E-state index contributed by atoms with van der Waals surface area (Å²) in [6.45, 7) is 10.7. The quantitative estimate of drug-likeness (QED) is 0.0936. The number of nitrogens with one attached hydrogen (secondary N) is 2. The number of piperazine rings is 1. The van der Waals surface area contributed by atoms with Crippen LogP contribution in [-0.2, 0) is 33.3 Å². The molecule has 0 radical (unpaired) electrons. The number of alkyl halides is 2. The topological polar surface area (TPSA) is 220 Å². The van der Waals surface area contributed by atoms with Gasteiger partial charge in [-0.3, -0.25) is 9.59 Å². The smallest absolute Gasteiger partial charge is 0.251 e. The van der Waals surface area contributed by atoms with E-state index in [2.05, 4.69) is 37.4 Å². The summed E-state index contributed by atoms with van der Waals surface area (Å²) in [7, 11) is 2.08. The number of phenolic OH excluding ortho intramolecular Hbond substituents is 2. The number of hydrogen-bond acceptors (Lipinski definition) is 15. The average Bonchev–Trinajstić information content (AvgIpc) is 4.03. The lowest BCUT2D eigenvalue weighted by atomic mass is 9.77. The minimum atomic E-state index is -2.79. The number of benzene rings is 4. The van der Waals surface area contributed by atoms with Gasteiger partial charge in [0.25, 0.3) is 5.92 Å². The van der Waals surface area contributed by atoms with Crippen LogP contribution in [0.4, 0.5) is 40.8 Å². The molecular formula is C64H60ClF4N15O4. The number of carbonyl (C=O) groups excluding carboxylic acids is 2. The summed E-state index contributed by atoms with van der Waals surface area (Å²) in [5.41, 5.74) is 4.90. The maximum Gasteiger partial charge on any atom is 0.251 e. The van der Waals surface area contributed by atoms with Gasteiger partial charge in [0.2, 0.25) is 11.8 Å². The first-order valence-electron chi connectivity index (χ1n) is 28.8. The summed E-state index contributed by atoms with van der Waals surface area (Å²) >= 11 is 6.11. The number of hydrogen-bond donors (Lipinski definition) is 4. The van der Waals surface area contributed by atoms with Gasteiger partial charge < -0.3 is 44.3 Å². The number of likely N-dealkylation sites (N-methyl/N-ethyl adjacent to an activating group) is 1. The van der Waals surface area contributed by atoms with Crippen molar-refractivity contribution in [2.75, 3.05) is 66.7 Å². The molecule has 0 saturated carbocycles. The highest BCUT2D eigenvalue weighted by molar-refractivity contribution is 6.32. The molecule has 2 saturated heterocycles. The lowest BCUT2D eigenvalue weighted by molar-refractivity contribution is -0.119. The fourth-order valence-corrected chi connectivity index (χ4v) is 11.8. The molecular weight excluding hydrogens is 1150 g/mol. The molecule has 2 unspecified atom stereocenters. The average molecular weight is 1210 g/mol. The molecule has 2 atom stereocenters. The zero-order valence-electron chi connectivity index (χ0n) is 48.6. The zero-order chi connectivity index (χ0) is 61.8. The van der Waals surface area contributed by atoms with Gasteiger partial charge in [0, 0.05) is 102 Å². The predicted molar refractivity (Wildman–Crippen MR) is 325 cm³/mol. The molecule has 2 fully saturated rings. The number of phenols is 2. The van der Waals surface area contributed by atoms with Crippen molar-refractivity contribution in [1.82, 2.24) is 53.6 Å². The third kappa shape index (κ3) is 10.9. The highest BCUT2D eigenvalue weighted by Crippen LogP contribution is 2.50. The van der Waals surface area contributed by atoms with E-state index in [0.29, 0.717) is 106 Å². The molecule has 0 spiro atoms. The second-order valence-electron chi connectivity index (χ2n) is 22.3. The standard InChI is InChI=1S/C31H28ClFN8O2.C31H26F3N7O2.C2H6/c1-31(19-5-8-21(32)24(42)16-19)25-27(38-30(31)43)36-26(37-29(25)40-13-11-39(2)12-14-40)23-17-41-10-9-34-28(41)22(35-23)15-18-3-6-20(33)7-4-18;1-30(19-3-2-4-21(42)16-19)24-26(39-29(30)43)37-25(38-28(24)40-12-9-31(33,34)10-13-40)23-17-41-14-11-35-27(41)22(36-23)15-18-5-7-20(32)8-6-18;1-2/h3-10,16-17,42H,11-15H2,1-2H3,(H,36,37,38,43);2-8,11,14,16-17,42H,9-10,12-13,15H2,1H3,(H,37,38,39,43);1-2H3. The number of amides is 2. The number of halogens is 5. The van der Waals surface area contributed by atoms with Gasteiger partial charge in [-0.1, -0.05) is 67.9 Å². The van der Waals surface area contributed by atoms with Crippen LogP contribution >= 0.6 is 11.6 Å². The van der Waals surface area contributed by atoms with E-state index in [1.165, 1.54) is 42.5 Å². The Morgan fingerprint density at radius 2 is 1.06 bits per heavy atom. The minimum Gasteiger partial charge on any atom is -0.508 e. The van der Waals surface area contributed by atoms with E-state index in [0.717, 1.165) is 24.2 Å². The molecule has 4 N–H and O–H groups in total. The molecule has 0 aliphatic carbocycles. The Kier molecular flexibility index (Phi) is 15.5. The second-order valence-corrected chi connectivity index (χ2v) is 22.7. The molecule has 24 heteroatoms. The largest absolute Gasteiger partial charge is 0.508 e. The summed E-state index contributed by atoms with van der Waals surface area (Å²) in [5.74, 6) is -2.02. The van der Waals surface area contributed by atoms with Crippen LogP contribution in [0.3, 0.4) is 0 Å². The van der Waals surface area contributed by atoms with E-state index in [4.69, 9.17) is 41.5 Å². The maximum absolute atomic E-state index is 14.2. The van der Waals surface area contributed by atoms with Gasteiger partial charge in [-0.2, -0.15) is 0 Å². The normalized spacial score (nSPS) is 18.7. The van der Waals surface area contributed by atoms with Gasteiger partial charge in [0.1, 0.15) is 68.6 Å². The Morgan fingerprint density at radius 3 is 1.52 bits per heavy atom. The van der Waals surface area contributed by atoms with Gasteiger partial charge in [0.05, 0.1) is 27.5 Å². The van der Waals surface area contributed by atoms with Crippen LogP contribution in [0.5, 0.6) is 11.5 Å². The molecule has 4 aromatic carbocycles. The number of imidazole rings is 2. The van der Waals surface area contributed by atoms with Crippen molar-refractivity contribution in [1.29, 1.82) is 0 Å². The first kappa shape index (κ1) is 58.8. The fourth-order valence-electron chi connectivity index (χ4n) is 11.7. The molecule has 10 heterocycles. The summed E-state index contributed by atoms with van der Waals surface area (Å²) < 4.78 is 59.2. The van der Waals surface area contributed by atoms with Crippen LogP contribution in [0.25, 0.3) is 34.3 Å². The van der Waals surface area contributed by atoms with Crippen molar-refractivity contribution in [2.45, 2.75) is 70.1 Å². The molecule has 2 amide bonds. The Hall–Kier alpha value is -9.61. The van der Waals surface area contributed by atoms with Gasteiger partial charge >= 0.3 is 0 Å². The molecule has 450 valence electrons. The van der Waals surface area contributed by atoms with Crippen LogP contribution in [0.1, 0.15) is 85.3 Å². The molecule has 4 aliphatic rings. The lowest BCUT2D eigenvalue weighted by Crippen LogP contribution is -2.46. The van der Waals surface area contributed by atoms with E-state index < -0.39 is 16.8 Å². The van der Waals surface area contributed by atoms with Crippen molar-refractivity contribution >= 4 is 58.0 Å². The number of rotatable bonds is 10. The van der Waals surface area contributed by atoms with Crippen LogP contribution < -0.4 is 20.4 Å². The molecule has 14 rings (SSSR count). The number of anilines is 4. The van der Waals surface area contributed by atoms with Crippen molar-refractivity contribution in [3.8, 4) is 34.5 Å². The van der Waals surface area contributed by atoms with Crippen molar-refractivity contribution in [3.63, 3.8) is 0 Å². The molecule has 4 aliphatic heterocycles. The first-order valence-corrected chi connectivity index (χ1v) is 29.2. The Labute approximate surface area is 507 Å². The highest BCUT2D eigenvalue weighted by Gasteiger charge is 2.51. The predicted octanol–water partition coefficient (Wildman–Crippen LogP) is 10.4. The summed E-state index contributed by atoms with van der Waals surface area (Å²) in [5, 5.41) is 26.7. The van der Waals surface area contributed by atoms with Crippen LogP contribution in [0.15, 0.2) is 128 Å². The van der Waals surface area contributed by atoms with Gasteiger partial charge in [-0.05, 0) is 91.7 Å². The minimum absolute atomic E-state index is 0.0109. The molecule has 88 heavy (non-hydrogen) atoms. The van der Waals surface area contributed by atoms with Gasteiger partial charge in [-0.15, -0.1) is 0 Å². The van der Waals surface area contributed by atoms with Gasteiger partial charge in [0.15, 0.2) is 22.9 Å². The zero-order valence-corrected chi connectivity index (χ0v) is 49.4. The number of fused-ring (bicyclic) bond motifs is 4. The van der Waals surface area contributed by atoms with E-state index >= 15 is 0 Å². The third-order valence-electron chi connectivity index (χ3n) is 16.6. The highest BCUT2D eigenvalue weighted by atomic mass is 35.5. The Morgan fingerprint density at radius 1 is 0.591 bits per heavy atom. The number of aromatic hydroxyl groups is 2. The van der Waals surface area contributed by atoms with E-state index in [1.54, 1.807) is 89.5 Å². The van der Waals surface area contributed by atoms with E-state index in [1.807, 2.05) is 37.6 Å². The van der Waals surface area contributed by atoms with Crippen molar-refractivity contribution in [3.05, 3.63) is 190 Å². The number of nitrogens with zero attached hydrogens (tertiary/aromatic N) is 13. The molecule has 6 aromatic heterocycles. The van der Waals surface area contributed by atoms with Crippen molar-refractivity contribution < 1.29 is 37.4 Å². The van der Waals surface area contributed by atoms with Gasteiger partial charge in [-0.25, -0.2) is 57.4 Å². The SMILES string of the molecule is CC.CC1(c2cccc(O)c2)C(=O)Nc2nc(-c3cn4ccnc4c(Cc4ccc(F)cc4)n3)nc(N3CCC(F)(F)CC3)c21.CN1CCN(c2nc(-c3cn4ccnc4c(Cc4ccc(F)cc4)n3)nc3c2C(C)(c2ccc(Cl)c(O)c2)C(=O)N3)CC1. The van der Waals surface area contributed by atoms with Crippen molar-refractivity contribution in [2.24, 2.45) is 0 Å². The molecule has 0 bridgehead atoms. The van der Waals surface area contributed by atoms with Crippen LogP contribution in [0.2, 0.25) is 5.02 Å². The second kappa shape index (κ2) is 23.2. The number of piperidine rings is 1. The summed E-state index contributed by atoms with van der Waals surface area (Å²) in [6.07, 6.45) is 10.5. The fraction of sp³-hybridized carbons (Fsp3) is 0.281. The lowest BCUT2D eigenvalue weighted by Gasteiger charge is -2.36. The summed E-state index contributed by atoms with van der Waals surface area (Å²) in [4.78, 5) is 71.7.